The number of nitrogens with zero attached hydrogens (tertiary/aromatic N) is 2. The third-order valence-corrected chi connectivity index (χ3v) is 6.72. The number of aryl methyl sites for hydroxylation is 2. The first-order valence-electron chi connectivity index (χ1n) is 10.8. The molecule has 6 nitrogen and oxygen atoms in total. The van der Waals surface area contributed by atoms with E-state index in [1.807, 2.05) is 66.0 Å². The van der Waals surface area contributed by atoms with Crippen molar-refractivity contribution in [1.29, 1.82) is 0 Å². The number of benzene rings is 2. The number of aromatic nitrogens is 1. The Labute approximate surface area is 192 Å². The second-order valence-electron chi connectivity index (χ2n) is 8.84. The number of halogens is 1. The van der Waals surface area contributed by atoms with Gasteiger partial charge in [-0.1, -0.05) is 29.8 Å². The van der Waals surface area contributed by atoms with E-state index in [0.29, 0.717) is 36.0 Å². The van der Waals surface area contributed by atoms with Crippen molar-refractivity contribution < 1.29 is 14.3 Å². The number of hydrogen-bond donors (Lipinski definition) is 1. The van der Waals surface area contributed by atoms with Crippen LogP contribution in [0.2, 0.25) is 5.02 Å². The first kappa shape index (κ1) is 22.2. The zero-order chi connectivity index (χ0) is 22.9. The van der Waals surface area contributed by atoms with E-state index < -0.39 is 5.41 Å². The largest absolute Gasteiger partial charge is 0.493 e. The molecular formula is C25H28ClN3O3. The van der Waals surface area contributed by atoms with Crippen molar-refractivity contribution in [1.82, 2.24) is 9.47 Å². The molecule has 7 heteroatoms. The van der Waals surface area contributed by atoms with Crippen molar-refractivity contribution in [2.75, 3.05) is 19.7 Å². The van der Waals surface area contributed by atoms with E-state index in [1.165, 1.54) is 0 Å². The molecule has 0 spiro atoms. The smallest absolute Gasteiger partial charge is 0.256 e. The summed E-state index contributed by atoms with van der Waals surface area (Å²) >= 11 is 6.12. The number of likely N-dealkylation sites (tertiary alicyclic amines) is 1. The standard InChI is InChI=1S/C25H28ClN3O3/c1-17-12-18(8-9-21(17)26)32-16-25(13-23(27)30)10-5-11-29(15-25)24(31)20-14-28(2)22-7-4-3-6-19(20)22/h3-4,6-9,12,14H,5,10-11,13,15-16H2,1-2H3,(H2,27,30)/t25-/m0/s1. The number of hydrogen-bond acceptors (Lipinski definition) is 3. The number of carbonyl (C=O) groups is 2. The van der Waals surface area contributed by atoms with Gasteiger partial charge in [0.15, 0.2) is 0 Å². The minimum atomic E-state index is -0.530. The van der Waals surface area contributed by atoms with Gasteiger partial charge in [-0.3, -0.25) is 9.59 Å². The topological polar surface area (TPSA) is 77.6 Å². The van der Waals surface area contributed by atoms with E-state index >= 15 is 0 Å². The van der Waals surface area contributed by atoms with Crippen LogP contribution in [0, 0.1) is 12.3 Å². The van der Waals surface area contributed by atoms with Crippen LogP contribution < -0.4 is 10.5 Å². The van der Waals surface area contributed by atoms with E-state index in [0.717, 1.165) is 29.3 Å². The van der Waals surface area contributed by atoms with E-state index in [1.54, 1.807) is 6.07 Å². The van der Waals surface area contributed by atoms with Crippen molar-refractivity contribution >= 4 is 34.3 Å². The fraction of sp³-hybridized carbons (Fsp3) is 0.360. The monoisotopic (exact) mass is 453 g/mol. The average molecular weight is 454 g/mol. The summed E-state index contributed by atoms with van der Waals surface area (Å²) in [5, 5.41) is 1.60. The van der Waals surface area contributed by atoms with Gasteiger partial charge in [0.1, 0.15) is 5.75 Å². The van der Waals surface area contributed by atoms with E-state index in [9.17, 15) is 9.59 Å². The van der Waals surface area contributed by atoms with Crippen molar-refractivity contribution in [3.8, 4) is 5.75 Å². The summed E-state index contributed by atoms with van der Waals surface area (Å²) in [7, 11) is 1.94. The predicted molar refractivity (Wildman–Crippen MR) is 126 cm³/mol. The summed E-state index contributed by atoms with van der Waals surface area (Å²) < 4.78 is 8.05. The number of primary amides is 1. The zero-order valence-electron chi connectivity index (χ0n) is 18.4. The van der Waals surface area contributed by atoms with Gasteiger partial charge in [-0.05, 0) is 49.6 Å². The Hall–Kier alpha value is -2.99. The van der Waals surface area contributed by atoms with Gasteiger partial charge in [-0.15, -0.1) is 0 Å². The lowest BCUT2D eigenvalue weighted by molar-refractivity contribution is -0.122. The lowest BCUT2D eigenvalue weighted by Gasteiger charge is -2.42. The van der Waals surface area contributed by atoms with E-state index in [2.05, 4.69) is 0 Å². The van der Waals surface area contributed by atoms with Gasteiger partial charge in [0.25, 0.3) is 5.91 Å². The SMILES string of the molecule is Cc1cc(OC[C@]2(CC(N)=O)CCCN(C(=O)c3cn(C)c4ccccc34)C2)ccc1Cl. The molecule has 2 amide bonds. The average Bonchev–Trinajstić information content (AvgIpc) is 3.10. The molecule has 2 N–H and O–H groups in total. The molecule has 4 rings (SSSR count). The number of nitrogens with two attached hydrogens (primary N) is 1. The summed E-state index contributed by atoms with van der Waals surface area (Å²) in [6.45, 7) is 3.28. The predicted octanol–water partition coefficient (Wildman–Crippen LogP) is 4.32. The highest BCUT2D eigenvalue weighted by Gasteiger charge is 2.40. The Morgan fingerprint density at radius 1 is 1.22 bits per heavy atom. The highest BCUT2D eigenvalue weighted by molar-refractivity contribution is 6.31. The lowest BCUT2D eigenvalue weighted by Crippen LogP contribution is -2.50. The number of piperidine rings is 1. The third-order valence-electron chi connectivity index (χ3n) is 6.30. The number of ether oxygens (including phenoxy) is 1. The summed E-state index contributed by atoms with van der Waals surface area (Å²) in [6.07, 6.45) is 3.60. The lowest BCUT2D eigenvalue weighted by atomic mass is 9.77. The minimum Gasteiger partial charge on any atom is -0.493 e. The number of amides is 2. The van der Waals surface area contributed by atoms with Crippen molar-refractivity contribution in [3.63, 3.8) is 0 Å². The van der Waals surface area contributed by atoms with Crippen LogP contribution in [0.3, 0.4) is 0 Å². The van der Waals surface area contributed by atoms with Crippen molar-refractivity contribution in [3.05, 3.63) is 64.8 Å². The number of para-hydroxylation sites is 1. The second-order valence-corrected chi connectivity index (χ2v) is 9.25. The third kappa shape index (κ3) is 4.46. The van der Waals surface area contributed by atoms with Gasteiger partial charge in [-0.25, -0.2) is 0 Å². The van der Waals surface area contributed by atoms with Gasteiger partial charge in [0.2, 0.25) is 5.91 Å². The van der Waals surface area contributed by atoms with Crippen LogP contribution in [0.4, 0.5) is 0 Å². The van der Waals surface area contributed by atoms with Crippen LogP contribution in [0.1, 0.15) is 35.2 Å². The van der Waals surface area contributed by atoms with E-state index in [4.69, 9.17) is 22.1 Å². The Bertz CT molecular complexity index is 1170. The Balaban J connectivity index is 1.57. The van der Waals surface area contributed by atoms with Gasteiger partial charge in [0, 0.05) is 54.1 Å². The molecule has 168 valence electrons. The molecule has 2 aromatic carbocycles. The molecule has 0 bridgehead atoms. The summed E-state index contributed by atoms with van der Waals surface area (Å²) in [5.41, 5.74) is 7.69. The second kappa shape index (κ2) is 8.87. The molecule has 0 unspecified atom stereocenters. The van der Waals surface area contributed by atoms with Crippen molar-refractivity contribution in [2.45, 2.75) is 26.2 Å². The highest BCUT2D eigenvalue weighted by Crippen LogP contribution is 2.36. The number of fused-ring (bicyclic) bond motifs is 1. The molecule has 32 heavy (non-hydrogen) atoms. The normalized spacial score (nSPS) is 18.7. The Kier molecular flexibility index (Phi) is 6.15. The van der Waals surface area contributed by atoms with Crippen LogP contribution in [0.25, 0.3) is 10.9 Å². The molecule has 3 aromatic rings. The van der Waals surface area contributed by atoms with E-state index in [-0.39, 0.29) is 18.2 Å². The quantitative estimate of drug-likeness (QED) is 0.603. The summed E-state index contributed by atoms with van der Waals surface area (Å²) in [6, 6.07) is 13.4. The molecule has 1 saturated heterocycles. The maximum absolute atomic E-state index is 13.5. The number of carbonyl (C=O) groups excluding carboxylic acids is 2. The fourth-order valence-electron chi connectivity index (χ4n) is 4.69. The first-order valence-corrected chi connectivity index (χ1v) is 11.2. The number of rotatable bonds is 6. The minimum absolute atomic E-state index is 0.0299. The molecule has 1 aromatic heterocycles. The van der Waals surface area contributed by atoms with Gasteiger partial charge in [-0.2, -0.15) is 0 Å². The molecule has 1 atom stereocenters. The van der Waals surface area contributed by atoms with Crippen LogP contribution in [-0.4, -0.2) is 41.0 Å². The molecule has 0 radical (unpaired) electrons. The summed E-state index contributed by atoms with van der Waals surface area (Å²) in [5.74, 6) is 0.270. The molecule has 1 aliphatic heterocycles. The molecule has 1 fully saturated rings. The fourth-order valence-corrected chi connectivity index (χ4v) is 4.81. The Morgan fingerprint density at radius 3 is 2.75 bits per heavy atom. The van der Waals surface area contributed by atoms with Gasteiger partial charge >= 0.3 is 0 Å². The van der Waals surface area contributed by atoms with Crippen LogP contribution in [0.5, 0.6) is 5.75 Å². The van der Waals surface area contributed by atoms with Crippen molar-refractivity contribution in [2.24, 2.45) is 18.2 Å². The molecule has 0 saturated carbocycles. The maximum atomic E-state index is 13.5. The highest BCUT2D eigenvalue weighted by atomic mass is 35.5. The maximum Gasteiger partial charge on any atom is 0.256 e. The molecule has 2 heterocycles. The Morgan fingerprint density at radius 2 is 2.00 bits per heavy atom. The first-order chi connectivity index (χ1) is 15.3. The molecule has 0 aliphatic carbocycles. The van der Waals surface area contributed by atoms with Gasteiger partial charge < -0.3 is 19.9 Å². The van der Waals surface area contributed by atoms with Gasteiger partial charge in [0.05, 0.1) is 12.2 Å². The summed E-state index contributed by atoms with van der Waals surface area (Å²) in [4.78, 5) is 27.3. The van der Waals surface area contributed by atoms with Crippen LogP contribution in [0.15, 0.2) is 48.7 Å². The molecular weight excluding hydrogens is 426 g/mol. The van der Waals surface area contributed by atoms with Crippen LogP contribution in [-0.2, 0) is 11.8 Å². The zero-order valence-corrected chi connectivity index (χ0v) is 19.2. The molecule has 1 aliphatic rings. The van der Waals surface area contributed by atoms with Crippen LogP contribution >= 0.6 is 11.6 Å².